The first-order valence-corrected chi connectivity index (χ1v) is 16.3. The van der Waals surface area contributed by atoms with Crippen LogP contribution >= 0.6 is 0 Å². The molecule has 0 saturated carbocycles. The molecular weight excluding hydrogens is 627 g/mol. The van der Waals surface area contributed by atoms with Gasteiger partial charge in [-0.1, -0.05) is 29.5 Å². The van der Waals surface area contributed by atoms with Crippen LogP contribution in [0.5, 0.6) is 5.75 Å². The smallest absolute Gasteiger partial charge is 0.273 e. The van der Waals surface area contributed by atoms with Gasteiger partial charge in [-0.05, 0) is 47.9 Å². The Labute approximate surface area is 282 Å². The minimum absolute atomic E-state index is 0.0481. The molecule has 0 aliphatic carbocycles. The topological polar surface area (TPSA) is 122 Å². The van der Waals surface area contributed by atoms with E-state index in [0.29, 0.717) is 79.2 Å². The second kappa shape index (κ2) is 13.4. The Morgan fingerprint density at radius 2 is 1.78 bits per heavy atom. The number of pyridine rings is 1. The molecule has 1 saturated heterocycles. The third-order valence-corrected chi connectivity index (χ3v) is 9.37. The summed E-state index contributed by atoms with van der Waals surface area (Å²) in [4.78, 5) is 48.3. The first-order valence-electron chi connectivity index (χ1n) is 16.3. The average molecular weight is 665 g/mol. The van der Waals surface area contributed by atoms with Crippen molar-refractivity contribution in [3.05, 3.63) is 101 Å². The molecule has 5 heterocycles. The predicted molar refractivity (Wildman–Crippen MR) is 184 cm³/mol. The van der Waals surface area contributed by atoms with Gasteiger partial charge in [0, 0.05) is 81.6 Å². The summed E-state index contributed by atoms with van der Waals surface area (Å²) in [5.41, 5.74) is 3.52. The molecule has 7 rings (SSSR count). The number of carbonyl (C=O) groups excluding carboxylic acids is 2. The van der Waals surface area contributed by atoms with Crippen LogP contribution in [0.25, 0.3) is 27.6 Å². The number of nitrogens with one attached hydrogen (secondary N) is 1. The highest BCUT2D eigenvalue weighted by Gasteiger charge is 2.28. The second-order valence-electron chi connectivity index (χ2n) is 12.3. The lowest BCUT2D eigenvalue weighted by Gasteiger charge is -2.35. The number of anilines is 1. The Morgan fingerprint density at radius 1 is 0.959 bits per heavy atom. The largest absolute Gasteiger partial charge is 0.496 e. The number of methoxy groups -OCH3 is 1. The maximum atomic E-state index is 16.6. The number of aromatic amines is 1. The SMILES string of the molecule is COc1ccccc1-c1cc(C2=CCCN(C(=O)CCn3ccnn3)C2)c(F)c2[nH]c(C(=O)N3CCN(c4cccn(C)c4=O)CC3)cc12. The molecule has 2 aromatic carbocycles. The number of para-hydroxylation sites is 1. The van der Waals surface area contributed by atoms with Crippen LogP contribution in [0.4, 0.5) is 10.1 Å². The van der Waals surface area contributed by atoms with Crippen molar-refractivity contribution in [2.75, 3.05) is 51.3 Å². The van der Waals surface area contributed by atoms with E-state index in [4.69, 9.17) is 4.74 Å². The van der Waals surface area contributed by atoms with Crippen molar-refractivity contribution in [3.8, 4) is 16.9 Å². The molecule has 5 aromatic rings. The van der Waals surface area contributed by atoms with Gasteiger partial charge in [-0.15, -0.1) is 5.10 Å². The van der Waals surface area contributed by atoms with Gasteiger partial charge in [-0.25, -0.2) is 4.39 Å². The number of aromatic nitrogens is 5. The van der Waals surface area contributed by atoms with E-state index in [1.807, 2.05) is 41.3 Å². The van der Waals surface area contributed by atoms with Crippen LogP contribution in [0.1, 0.15) is 28.9 Å². The van der Waals surface area contributed by atoms with Gasteiger partial charge in [0.2, 0.25) is 5.91 Å². The fraction of sp³-hybridized carbons (Fsp3) is 0.306. The first kappa shape index (κ1) is 31.9. The van der Waals surface area contributed by atoms with Crippen LogP contribution in [0.2, 0.25) is 0 Å². The number of ether oxygens (including phenoxy) is 1. The van der Waals surface area contributed by atoms with Crippen molar-refractivity contribution in [1.82, 2.24) is 34.3 Å². The Morgan fingerprint density at radius 3 is 2.55 bits per heavy atom. The lowest BCUT2D eigenvalue weighted by molar-refractivity contribution is -0.131. The van der Waals surface area contributed by atoms with Crippen LogP contribution in [-0.2, 0) is 18.4 Å². The van der Waals surface area contributed by atoms with Crippen LogP contribution in [0.15, 0.2) is 78.0 Å². The number of halogens is 1. The molecule has 12 nitrogen and oxygen atoms in total. The van der Waals surface area contributed by atoms with Gasteiger partial charge < -0.3 is 29.0 Å². The number of hydrogen-bond acceptors (Lipinski definition) is 7. The van der Waals surface area contributed by atoms with Gasteiger partial charge in [0.1, 0.15) is 17.1 Å². The van der Waals surface area contributed by atoms with E-state index in [1.54, 1.807) is 70.0 Å². The maximum Gasteiger partial charge on any atom is 0.273 e. The summed E-state index contributed by atoms with van der Waals surface area (Å²) in [6, 6.07) is 14.7. The monoisotopic (exact) mass is 664 g/mol. The summed E-state index contributed by atoms with van der Waals surface area (Å²) in [5.74, 6) is -0.167. The second-order valence-corrected chi connectivity index (χ2v) is 12.3. The number of rotatable bonds is 8. The van der Waals surface area contributed by atoms with E-state index < -0.39 is 5.82 Å². The van der Waals surface area contributed by atoms with Gasteiger partial charge in [-0.2, -0.15) is 0 Å². The fourth-order valence-electron chi connectivity index (χ4n) is 6.72. The number of aryl methyl sites for hydroxylation is 2. The molecule has 13 heteroatoms. The minimum atomic E-state index is -0.486. The van der Waals surface area contributed by atoms with E-state index in [2.05, 4.69) is 15.3 Å². The maximum absolute atomic E-state index is 16.6. The number of fused-ring (bicyclic) bond motifs is 1. The number of carbonyl (C=O) groups is 2. The quantitative estimate of drug-likeness (QED) is 0.267. The van der Waals surface area contributed by atoms with E-state index in [0.717, 1.165) is 5.56 Å². The zero-order chi connectivity index (χ0) is 34.1. The van der Waals surface area contributed by atoms with E-state index in [9.17, 15) is 14.4 Å². The minimum Gasteiger partial charge on any atom is -0.496 e. The zero-order valence-electron chi connectivity index (χ0n) is 27.4. The molecule has 3 aromatic heterocycles. The van der Waals surface area contributed by atoms with Gasteiger partial charge >= 0.3 is 0 Å². The standard InChI is InChI=1S/C36H37FN8O4/c1-41-13-6-9-30(36(41)48)42-17-19-43(20-18-42)35(47)29-22-28-27(25-8-3-4-10-31(25)49-2)21-26(33(37)34(28)39-29)24-7-5-14-44(23-24)32(46)11-15-45-16-12-38-40-45/h3-4,6-10,12-13,16,21-22,39H,5,11,14-15,17-20,23H2,1-2H3. The molecule has 2 amide bonds. The van der Waals surface area contributed by atoms with Gasteiger partial charge in [-0.3, -0.25) is 19.1 Å². The van der Waals surface area contributed by atoms with Gasteiger partial charge in [0.25, 0.3) is 11.5 Å². The van der Waals surface area contributed by atoms with Gasteiger partial charge in [0.05, 0.1) is 25.4 Å². The first-order chi connectivity index (χ1) is 23.8. The van der Waals surface area contributed by atoms with Crippen molar-refractivity contribution in [3.63, 3.8) is 0 Å². The summed E-state index contributed by atoms with van der Waals surface area (Å²) in [5, 5.41) is 8.28. The molecule has 0 spiro atoms. The van der Waals surface area contributed by atoms with Crippen LogP contribution in [0, 0.1) is 5.82 Å². The molecule has 49 heavy (non-hydrogen) atoms. The summed E-state index contributed by atoms with van der Waals surface area (Å²) < 4.78 is 25.5. The Bertz CT molecular complexity index is 2110. The highest BCUT2D eigenvalue weighted by molar-refractivity contribution is 6.05. The Hall–Kier alpha value is -5.72. The molecule has 0 atom stereocenters. The molecule has 2 aliphatic rings. The van der Waals surface area contributed by atoms with E-state index >= 15 is 4.39 Å². The van der Waals surface area contributed by atoms with Crippen LogP contribution in [0.3, 0.4) is 0 Å². The number of benzene rings is 2. The van der Waals surface area contributed by atoms with Crippen molar-refractivity contribution in [2.45, 2.75) is 19.4 Å². The number of hydrogen-bond donors (Lipinski definition) is 1. The highest BCUT2D eigenvalue weighted by Crippen LogP contribution is 2.40. The average Bonchev–Trinajstić information content (AvgIpc) is 3.83. The number of nitrogens with zero attached hydrogens (tertiary/aromatic N) is 7. The molecular formula is C36H37FN8O4. The molecule has 1 fully saturated rings. The predicted octanol–water partition coefficient (Wildman–Crippen LogP) is 3.94. The zero-order valence-corrected chi connectivity index (χ0v) is 27.4. The molecule has 0 unspecified atom stereocenters. The Balaban J connectivity index is 1.19. The van der Waals surface area contributed by atoms with Crippen LogP contribution < -0.4 is 15.2 Å². The molecule has 2 aliphatic heterocycles. The van der Waals surface area contributed by atoms with E-state index in [1.165, 1.54) is 0 Å². The van der Waals surface area contributed by atoms with Crippen molar-refractivity contribution < 1.29 is 18.7 Å². The van der Waals surface area contributed by atoms with E-state index in [-0.39, 0.29) is 41.5 Å². The van der Waals surface area contributed by atoms with Crippen molar-refractivity contribution >= 4 is 34.0 Å². The molecule has 0 bridgehead atoms. The molecule has 1 N–H and O–H groups in total. The third kappa shape index (κ3) is 6.19. The Kier molecular flexibility index (Phi) is 8.72. The molecule has 0 radical (unpaired) electrons. The number of H-pyrrole nitrogens is 1. The number of piperazine rings is 1. The van der Waals surface area contributed by atoms with Gasteiger partial charge in [0.15, 0.2) is 5.82 Å². The third-order valence-electron chi connectivity index (χ3n) is 9.37. The van der Waals surface area contributed by atoms with Crippen molar-refractivity contribution in [2.24, 2.45) is 7.05 Å². The lowest BCUT2D eigenvalue weighted by Crippen LogP contribution is -2.50. The molecule has 252 valence electrons. The highest BCUT2D eigenvalue weighted by atomic mass is 19.1. The lowest BCUT2D eigenvalue weighted by atomic mass is 9.93. The normalized spacial score (nSPS) is 15.1. The summed E-state index contributed by atoms with van der Waals surface area (Å²) >= 11 is 0. The van der Waals surface area contributed by atoms with Crippen molar-refractivity contribution in [1.29, 1.82) is 0 Å². The number of amides is 2. The van der Waals surface area contributed by atoms with Crippen LogP contribution in [-0.4, -0.2) is 92.5 Å². The summed E-state index contributed by atoms with van der Waals surface area (Å²) in [7, 11) is 3.30. The summed E-state index contributed by atoms with van der Waals surface area (Å²) in [6.45, 7) is 3.02. The fourth-order valence-corrected chi connectivity index (χ4v) is 6.72. The summed E-state index contributed by atoms with van der Waals surface area (Å²) in [6.07, 6.45) is 7.81.